The van der Waals surface area contributed by atoms with Gasteiger partial charge >= 0.3 is 11.9 Å². The summed E-state index contributed by atoms with van der Waals surface area (Å²) in [5, 5.41) is 14.5. The Morgan fingerprint density at radius 1 is 0.457 bits per heavy atom. The van der Waals surface area contributed by atoms with Gasteiger partial charge in [0.2, 0.25) is 0 Å². The molecule has 0 aromatic carbocycles. The fourth-order valence-electron chi connectivity index (χ4n) is 4.65. The highest BCUT2D eigenvalue weighted by atomic mass is 127. The molecule has 0 aromatic rings. The average molecular weight is 721 g/mol. The largest absolute Gasteiger partial charge is 1.00 e. The molecule has 4 rings (SSSR count). The van der Waals surface area contributed by atoms with Crippen molar-refractivity contribution in [3.05, 3.63) is 0 Å². The first-order chi connectivity index (χ1) is 14.4. The van der Waals surface area contributed by atoms with Crippen LogP contribution in [0, 0.1) is 21.7 Å². The number of nitrogens with zero attached hydrogens (tertiary/aromatic N) is 2. The molecular formula is C26H54I2N6O. The summed E-state index contributed by atoms with van der Waals surface area (Å²) in [6.45, 7) is 32.2. The third kappa shape index (κ3) is 8.48. The van der Waals surface area contributed by atoms with Crippen LogP contribution in [-0.4, -0.2) is 76.9 Å². The van der Waals surface area contributed by atoms with Crippen LogP contribution in [-0.2, 0) is 0 Å². The molecule has 35 heavy (non-hydrogen) atoms. The van der Waals surface area contributed by atoms with Gasteiger partial charge in [0.1, 0.15) is 50.3 Å². The Balaban J connectivity index is 0.000000608. The van der Waals surface area contributed by atoms with Crippen molar-refractivity contribution in [2.75, 3.05) is 26.2 Å². The highest BCUT2D eigenvalue weighted by molar-refractivity contribution is 5.78. The molecule has 4 atom stereocenters. The van der Waals surface area contributed by atoms with Crippen molar-refractivity contribution in [1.82, 2.24) is 21.3 Å². The quantitative estimate of drug-likeness (QED) is 0.152. The predicted molar refractivity (Wildman–Crippen MR) is 139 cm³/mol. The zero-order valence-corrected chi connectivity index (χ0v) is 28.6. The molecule has 0 saturated heterocycles. The molecular weight excluding hydrogens is 666 g/mol. The molecule has 0 unspecified atom stereocenters. The molecule has 0 saturated carbocycles. The van der Waals surface area contributed by atoms with Crippen molar-refractivity contribution in [2.24, 2.45) is 21.7 Å². The molecule has 0 aliphatic carbocycles. The van der Waals surface area contributed by atoms with E-state index in [1.165, 1.54) is 11.9 Å². The molecule has 0 spiro atoms. The summed E-state index contributed by atoms with van der Waals surface area (Å²) in [5.41, 5.74) is 1.32. The van der Waals surface area contributed by atoms with Crippen molar-refractivity contribution >= 4 is 11.9 Å². The van der Waals surface area contributed by atoms with Gasteiger partial charge < -0.3 is 53.4 Å². The Labute approximate surface area is 249 Å². The number of rotatable bonds is 0. The number of halogens is 2. The Hall–Kier alpha value is -0.0400. The third-order valence-corrected chi connectivity index (χ3v) is 7.67. The molecule has 7 nitrogen and oxygen atoms in total. The zero-order valence-electron chi connectivity index (χ0n) is 24.3. The maximum Gasteiger partial charge on any atom is 0.346 e. The van der Waals surface area contributed by atoms with E-state index in [4.69, 9.17) is 0 Å². The van der Waals surface area contributed by atoms with E-state index in [0.29, 0.717) is 45.8 Å². The van der Waals surface area contributed by atoms with Crippen LogP contribution in [0.2, 0.25) is 0 Å². The molecule has 0 amide bonds. The smallest absolute Gasteiger partial charge is 0.346 e. The third-order valence-electron chi connectivity index (χ3n) is 7.67. The fraction of sp³-hybridized carbons (Fsp3) is 0.923. The van der Waals surface area contributed by atoms with Gasteiger partial charge in [-0.15, -0.1) is 0 Å². The van der Waals surface area contributed by atoms with Crippen LogP contribution in [0.5, 0.6) is 0 Å². The zero-order chi connectivity index (χ0) is 24.3. The van der Waals surface area contributed by atoms with E-state index in [0.717, 1.165) is 26.2 Å². The van der Waals surface area contributed by atoms with Gasteiger partial charge in [0, 0.05) is 0 Å². The van der Waals surface area contributed by atoms with E-state index in [1.807, 2.05) is 0 Å². The minimum absolute atomic E-state index is 0. The molecule has 0 bridgehead atoms. The lowest BCUT2D eigenvalue weighted by Crippen LogP contribution is -3.00. The standard InChI is InChI=1S/2C13H25N3.2HI.H2O/c2*1-12(2,3)9-7-16-8-10(13(4,5)6)15-11(16)14-9;;;/h2*9-10H,7-8H2,1-6H3,(H,14,15);2*1H;1H2/t2*9-,10-;;;/m11.../s1. The van der Waals surface area contributed by atoms with Crippen molar-refractivity contribution in [3.8, 4) is 0 Å². The highest BCUT2D eigenvalue weighted by Gasteiger charge is 2.46. The van der Waals surface area contributed by atoms with Gasteiger partial charge in [-0.2, -0.15) is 0 Å². The summed E-state index contributed by atoms with van der Waals surface area (Å²) in [6, 6.07) is 2.26. The van der Waals surface area contributed by atoms with Crippen LogP contribution in [0.1, 0.15) is 83.1 Å². The van der Waals surface area contributed by atoms with Crippen molar-refractivity contribution in [2.45, 2.75) is 107 Å². The summed E-state index contributed by atoms with van der Waals surface area (Å²) in [5.74, 6) is 2.50. The molecule has 4 aliphatic heterocycles. The van der Waals surface area contributed by atoms with Crippen LogP contribution >= 0.6 is 0 Å². The van der Waals surface area contributed by atoms with Crippen LogP contribution < -0.4 is 69.2 Å². The first kappa shape index (κ1) is 35.0. The SMILES string of the molecule is CC(C)(C)[C@H]1C[N+]2=C(N1)N[C@@H](C(C)(C)C)C2.CC(C)(C)[C@H]1C[N+]2=C(N1)N[C@@H](C(C)(C)C)C2.O.[I-].[I-]. The lowest BCUT2D eigenvalue weighted by Gasteiger charge is -2.28. The van der Waals surface area contributed by atoms with E-state index >= 15 is 0 Å². The van der Waals surface area contributed by atoms with Crippen molar-refractivity contribution in [3.63, 3.8) is 0 Å². The predicted octanol–water partition coefficient (Wildman–Crippen LogP) is -4.04. The molecule has 0 fully saturated rings. The Morgan fingerprint density at radius 2 is 0.629 bits per heavy atom. The summed E-state index contributed by atoms with van der Waals surface area (Å²) in [6.07, 6.45) is 0. The van der Waals surface area contributed by atoms with E-state index in [9.17, 15) is 0 Å². The van der Waals surface area contributed by atoms with E-state index in [-0.39, 0.29) is 53.4 Å². The Morgan fingerprint density at radius 3 is 0.743 bits per heavy atom. The summed E-state index contributed by atoms with van der Waals surface area (Å²) >= 11 is 0. The van der Waals surface area contributed by atoms with Crippen molar-refractivity contribution < 1.29 is 62.6 Å². The first-order valence-electron chi connectivity index (χ1n) is 12.7. The second-order valence-corrected chi connectivity index (χ2v) is 14.8. The van der Waals surface area contributed by atoms with Crippen LogP contribution in [0.15, 0.2) is 0 Å². The van der Waals surface area contributed by atoms with E-state index in [1.54, 1.807) is 0 Å². The molecule has 4 aliphatic rings. The lowest BCUT2D eigenvalue weighted by atomic mass is 9.85. The maximum absolute atomic E-state index is 3.63. The Bertz CT molecular complexity index is 622. The van der Waals surface area contributed by atoms with Gasteiger partial charge in [0.15, 0.2) is 0 Å². The molecule has 0 radical (unpaired) electrons. The Kier molecular flexibility index (Phi) is 11.8. The highest BCUT2D eigenvalue weighted by Crippen LogP contribution is 2.28. The second kappa shape index (κ2) is 11.8. The van der Waals surface area contributed by atoms with Crippen LogP contribution in [0.4, 0.5) is 0 Å². The molecule has 4 heterocycles. The van der Waals surface area contributed by atoms with E-state index in [2.05, 4.69) is 114 Å². The average Bonchev–Trinajstić information content (AvgIpc) is 3.29. The number of guanidine groups is 2. The first-order valence-corrected chi connectivity index (χ1v) is 12.7. The van der Waals surface area contributed by atoms with Crippen molar-refractivity contribution in [1.29, 1.82) is 0 Å². The van der Waals surface area contributed by atoms with Gasteiger partial charge in [0.25, 0.3) is 0 Å². The molecule has 9 heteroatoms. The van der Waals surface area contributed by atoms with Gasteiger partial charge in [0.05, 0.1) is 0 Å². The number of hydrogen-bond donors (Lipinski definition) is 4. The minimum atomic E-state index is 0. The topological polar surface area (TPSA) is 85.6 Å². The van der Waals surface area contributed by atoms with Gasteiger partial charge in [-0.25, -0.2) is 0 Å². The van der Waals surface area contributed by atoms with Crippen LogP contribution in [0.3, 0.4) is 0 Å². The fourth-order valence-corrected chi connectivity index (χ4v) is 4.65. The van der Waals surface area contributed by atoms with Crippen LogP contribution in [0.25, 0.3) is 0 Å². The van der Waals surface area contributed by atoms with Gasteiger partial charge in [-0.3, -0.25) is 30.4 Å². The maximum atomic E-state index is 3.63. The summed E-state index contributed by atoms with van der Waals surface area (Å²) in [4.78, 5) is 0. The minimum Gasteiger partial charge on any atom is -1.00 e. The van der Waals surface area contributed by atoms with E-state index < -0.39 is 0 Å². The summed E-state index contributed by atoms with van der Waals surface area (Å²) in [7, 11) is 0. The monoisotopic (exact) mass is 720 g/mol. The number of hydrogen-bond acceptors (Lipinski definition) is 4. The van der Waals surface area contributed by atoms with Gasteiger partial charge in [-0.05, 0) is 21.7 Å². The molecule has 0 aromatic heterocycles. The second-order valence-electron chi connectivity index (χ2n) is 14.8. The summed E-state index contributed by atoms with van der Waals surface area (Å²) < 4.78 is 4.93. The lowest BCUT2D eigenvalue weighted by molar-refractivity contribution is -0.518. The normalized spacial score (nSPS) is 27.5. The molecule has 208 valence electrons. The van der Waals surface area contributed by atoms with Gasteiger partial charge in [-0.1, -0.05) is 83.1 Å². The number of nitrogens with one attached hydrogen (secondary N) is 4. The molecule has 6 N–H and O–H groups in total.